The molecule has 4 heteroatoms. The van der Waals surface area contributed by atoms with Gasteiger partial charge in [0, 0.05) is 13.1 Å². The summed E-state index contributed by atoms with van der Waals surface area (Å²) < 4.78 is 5.47. The zero-order chi connectivity index (χ0) is 12.3. The average molecular weight is 235 g/mol. The number of aliphatic hydroxyl groups excluding tert-OH is 1. The van der Waals surface area contributed by atoms with Crippen molar-refractivity contribution >= 4 is 5.91 Å². The van der Waals surface area contributed by atoms with E-state index in [1.54, 1.807) is 4.90 Å². The number of hydrogen-bond acceptors (Lipinski definition) is 3. The van der Waals surface area contributed by atoms with Gasteiger partial charge in [0.15, 0.2) is 6.61 Å². The molecule has 1 saturated heterocycles. The van der Waals surface area contributed by atoms with E-state index in [0.717, 1.165) is 11.3 Å². The highest BCUT2D eigenvalue weighted by atomic mass is 16.5. The number of aliphatic hydroxyl groups is 1. The molecular weight excluding hydrogens is 218 g/mol. The molecule has 4 nitrogen and oxygen atoms in total. The molecule has 0 aromatic heterocycles. The van der Waals surface area contributed by atoms with Crippen LogP contribution in [0.25, 0.3) is 0 Å². The first-order chi connectivity index (χ1) is 8.16. The number of rotatable bonds is 3. The topological polar surface area (TPSA) is 49.8 Å². The van der Waals surface area contributed by atoms with Crippen LogP contribution in [-0.4, -0.2) is 41.7 Å². The van der Waals surface area contributed by atoms with E-state index in [1.807, 2.05) is 31.2 Å². The summed E-state index contributed by atoms with van der Waals surface area (Å²) >= 11 is 0. The molecule has 0 unspecified atom stereocenters. The lowest BCUT2D eigenvalue weighted by molar-refractivity contribution is -0.132. The highest BCUT2D eigenvalue weighted by molar-refractivity contribution is 5.78. The summed E-state index contributed by atoms with van der Waals surface area (Å²) in [5.41, 5.74) is 1.02. The number of benzene rings is 1. The lowest BCUT2D eigenvalue weighted by Crippen LogP contribution is -2.33. The van der Waals surface area contributed by atoms with Crippen LogP contribution < -0.4 is 4.74 Å². The molecule has 0 saturated carbocycles. The number of para-hydroxylation sites is 1. The monoisotopic (exact) mass is 235 g/mol. The fourth-order valence-electron chi connectivity index (χ4n) is 1.92. The summed E-state index contributed by atoms with van der Waals surface area (Å²) in [5, 5.41) is 9.34. The number of nitrogens with zero attached hydrogens (tertiary/aromatic N) is 1. The third-order valence-corrected chi connectivity index (χ3v) is 2.96. The Morgan fingerprint density at radius 3 is 2.94 bits per heavy atom. The van der Waals surface area contributed by atoms with Gasteiger partial charge in [0.05, 0.1) is 6.10 Å². The maximum absolute atomic E-state index is 11.8. The maximum atomic E-state index is 11.8. The van der Waals surface area contributed by atoms with Crippen molar-refractivity contribution < 1.29 is 14.6 Å². The van der Waals surface area contributed by atoms with E-state index in [0.29, 0.717) is 19.5 Å². The second-order valence-corrected chi connectivity index (χ2v) is 4.34. The van der Waals surface area contributed by atoms with Crippen LogP contribution in [0.3, 0.4) is 0 Å². The van der Waals surface area contributed by atoms with Crippen LogP contribution in [0.1, 0.15) is 12.0 Å². The SMILES string of the molecule is Cc1ccccc1OCC(=O)N1CC[C@@H](O)C1. The van der Waals surface area contributed by atoms with Gasteiger partial charge in [-0.25, -0.2) is 0 Å². The molecule has 0 bridgehead atoms. The highest BCUT2D eigenvalue weighted by Gasteiger charge is 2.24. The van der Waals surface area contributed by atoms with Crippen molar-refractivity contribution in [3.63, 3.8) is 0 Å². The molecule has 92 valence electrons. The van der Waals surface area contributed by atoms with Crippen molar-refractivity contribution in [2.24, 2.45) is 0 Å². The Labute approximate surface area is 101 Å². The number of hydrogen-bond donors (Lipinski definition) is 1. The van der Waals surface area contributed by atoms with Gasteiger partial charge in [-0.15, -0.1) is 0 Å². The quantitative estimate of drug-likeness (QED) is 0.849. The third-order valence-electron chi connectivity index (χ3n) is 2.96. The molecule has 17 heavy (non-hydrogen) atoms. The number of likely N-dealkylation sites (tertiary alicyclic amines) is 1. The molecule has 0 radical (unpaired) electrons. The Bertz CT molecular complexity index is 405. The van der Waals surface area contributed by atoms with E-state index in [4.69, 9.17) is 4.74 Å². The van der Waals surface area contributed by atoms with Gasteiger partial charge in [-0.05, 0) is 25.0 Å². The van der Waals surface area contributed by atoms with E-state index in [2.05, 4.69) is 0 Å². The van der Waals surface area contributed by atoms with E-state index in [9.17, 15) is 9.90 Å². The lowest BCUT2D eigenvalue weighted by Gasteiger charge is -2.16. The molecule has 1 atom stereocenters. The molecule has 1 aromatic carbocycles. The van der Waals surface area contributed by atoms with Gasteiger partial charge >= 0.3 is 0 Å². The normalized spacial score (nSPS) is 19.4. The average Bonchev–Trinajstić information content (AvgIpc) is 2.74. The molecule has 0 spiro atoms. The largest absolute Gasteiger partial charge is 0.484 e. The first-order valence-electron chi connectivity index (χ1n) is 5.81. The summed E-state index contributed by atoms with van der Waals surface area (Å²) in [6.07, 6.45) is 0.285. The first-order valence-corrected chi connectivity index (χ1v) is 5.81. The summed E-state index contributed by atoms with van der Waals surface area (Å²) in [6.45, 7) is 3.03. The molecular formula is C13H17NO3. The van der Waals surface area contributed by atoms with Gasteiger partial charge in [-0.2, -0.15) is 0 Å². The van der Waals surface area contributed by atoms with Crippen LogP contribution in [0.5, 0.6) is 5.75 Å². The standard InChI is InChI=1S/C13H17NO3/c1-10-4-2-3-5-12(10)17-9-13(16)14-7-6-11(15)8-14/h2-5,11,15H,6-9H2,1H3/t11-/m1/s1. The fourth-order valence-corrected chi connectivity index (χ4v) is 1.92. The zero-order valence-corrected chi connectivity index (χ0v) is 9.93. The summed E-state index contributed by atoms with van der Waals surface area (Å²) in [5.74, 6) is 0.672. The second-order valence-electron chi connectivity index (χ2n) is 4.34. The summed E-state index contributed by atoms with van der Waals surface area (Å²) in [6, 6.07) is 7.61. The third kappa shape index (κ3) is 2.97. The first kappa shape index (κ1) is 11.9. The number of ether oxygens (including phenoxy) is 1. The van der Waals surface area contributed by atoms with Crippen LogP contribution in [0.15, 0.2) is 24.3 Å². The zero-order valence-electron chi connectivity index (χ0n) is 9.93. The van der Waals surface area contributed by atoms with Crippen molar-refractivity contribution in [2.75, 3.05) is 19.7 Å². The van der Waals surface area contributed by atoms with Gasteiger partial charge in [-0.3, -0.25) is 4.79 Å². The Balaban J connectivity index is 1.86. The van der Waals surface area contributed by atoms with Crippen LogP contribution in [0.4, 0.5) is 0 Å². The molecule has 1 N–H and O–H groups in total. The molecule has 0 aliphatic carbocycles. The Kier molecular flexibility index (Phi) is 3.64. The molecule has 1 heterocycles. The van der Waals surface area contributed by atoms with Gasteiger partial charge in [0.25, 0.3) is 5.91 Å². The van der Waals surface area contributed by atoms with Crippen molar-refractivity contribution in [3.8, 4) is 5.75 Å². The molecule has 1 aliphatic heterocycles. The van der Waals surface area contributed by atoms with Gasteiger partial charge < -0.3 is 14.7 Å². The van der Waals surface area contributed by atoms with Gasteiger partial charge in [0.2, 0.25) is 0 Å². The molecule has 1 amide bonds. The predicted molar refractivity (Wildman–Crippen MR) is 63.9 cm³/mol. The fraction of sp³-hybridized carbons (Fsp3) is 0.462. The highest BCUT2D eigenvalue weighted by Crippen LogP contribution is 2.16. The summed E-state index contributed by atoms with van der Waals surface area (Å²) in [7, 11) is 0. The maximum Gasteiger partial charge on any atom is 0.260 e. The van der Waals surface area contributed by atoms with Gasteiger partial charge in [-0.1, -0.05) is 18.2 Å². The van der Waals surface area contributed by atoms with E-state index in [-0.39, 0.29) is 18.6 Å². The van der Waals surface area contributed by atoms with Crippen LogP contribution >= 0.6 is 0 Å². The van der Waals surface area contributed by atoms with Crippen molar-refractivity contribution in [1.29, 1.82) is 0 Å². The molecule has 1 fully saturated rings. The van der Waals surface area contributed by atoms with E-state index >= 15 is 0 Å². The second kappa shape index (κ2) is 5.19. The predicted octanol–water partition coefficient (Wildman–Crippen LogP) is 0.967. The van der Waals surface area contributed by atoms with Gasteiger partial charge in [0.1, 0.15) is 5.75 Å². The Morgan fingerprint density at radius 1 is 1.53 bits per heavy atom. The molecule has 2 rings (SSSR count). The molecule has 1 aromatic rings. The smallest absolute Gasteiger partial charge is 0.260 e. The Morgan fingerprint density at radius 2 is 2.29 bits per heavy atom. The van der Waals surface area contributed by atoms with Crippen molar-refractivity contribution in [1.82, 2.24) is 4.90 Å². The van der Waals surface area contributed by atoms with Crippen molar-refractivity contribution in [2.45, 2.75) is 19.4 Å². The number of carbonyl (C=O) groups excluding carboxylic acids is 1. The van der Waals surface area contributed by atoms with Crippen LogP contribution in [0.2, 0.25) is 0 Å². The van der Waals surface area contributed by atoms with E-state index in [1.165, 1.54) is 0 Å². The number of β-amino-alcohol motifs (C(OH)–C–C–N with tert-alkyl or cyclic N) is 1. The minimum Gasteiger partial charge on any atom is -0.484 e. The summed E-state index contributed by atoms with van der Waals surface area (Å²) in [4.78, 5) is 13.4. The lowest BCUT2D eigenvalue weighted by atomic mass is 10.2. The minimum atomic E-state index is -0.377. The minimum absolute atomic E-state index is 0.0393. The van der Waals surface area contributed by atoms with E-state index < -0.39 is 0 Å². The van der Waals surface area contributed by atoms with Crippen LogP contribution in [-0.2, 0) is 4.79 Å². The van der Waals surface area contributed by atoms with Crippen molar-refractivity contribution in [3.05, 3.63) is 29.8 Å². The van der Waals surface area contributed by atoms with Crippen LogP contribution in [0, 0.1) is 6.92 Å². The number of carbonyl (C=O) groups is 1. The molecule has 1 aliphatic rings. The Hall–Kier alpha value is -1.55. The number of aryl methyl sites for hydroxylation is 1. The number of amides is 1.